The Hall–Kier alpha value is -2.00. The second kappa shape index (κ2) is 7.49. The van der Waals surface area contributed by atoms with Crippen molar-refractivity contribution in [2.24, 2.45) is 0 Å². The minimum Gasteiger partial charge on any atom is -0.497 e. The Morgan fingerprint density at radius 3 is 2.64 bits per heavy atom. The molecule has 3 N–H and O–H groups in total. The number of nitrogens with zero attached hydrogens (tertiary/aromatic N) is 1. The number of benzene rings is 1. The van der Waals surface area contributed by atoms with Crippen molar-refractivity contribution < 1.29 is 32.9 Å². The van der Waals surface area contributed by atoms with Crippen LogP contribution >= 0.6 is 0 Å². The van der Waals surface area contributed by atoms with E-state index in [0.717, 1.165) is 12.1 Å². The van der Waals surface area contributed by atoms with E-state index in [-0.39, 0.29) is 24.4 Å². The third-order valence-electron chi connectivity index (χ3n) is 4.22. The Kier molecular flexibility index (Phi) is 5.79. The largest absolute Gasteiger partial charge is 0.497 e. The fourth-order valence-electron chi connectivity index (χ4n) is 2.70. The molecule has 0 radical (unpaired) electrons. The highest BCUT2D eigenvalue weighted by Gasteiger charge is 2.33. The second-order valence-corrected chi connectivity index (χ2v) is 6.10. The molecule has 1 aromatic rings. The number of aliphatic hydroxyl groups is 2. The molecule has 2 rings (SSSR count). The summed E-state index contributed by atoms with van der Waals surface area (Å²) in [7, 11) is 1.24. The summed E-state index contributed by atoms with van der Waals surface area (Å²) in [4.78, 5) is 13.7. The lowest BCUT2D eigenvalue weighted by atomic mass is 9.96. The van der Waals surface area contributed by atoms with Crippen molar-refractivity contribution in [2.45, 2.75) is 31.0 Å². The lowest BCUT2D eigenvalue weighted by Crippen LogP contribution is -2.38. The smallest absolute Gasteiger partial charge is 0.416 e. The van der Waals surface area contributed by atoms with E-state index in [2.05, 4.69) is 5.32 Å². The molecule has 25 heavy (non-hydrogen) atoms. The number of aliphatic hydroxyl groups excluding tert-OH is 1. The molecule has 9 heteroatoms. The van der Waals surface area contributed by atoms with Crippen LogP contribution in [-0.4, -0.2) is 53.6 Å². The number of hydrogen-bond acceptors (Lipinski definition) is 4. The van der Waals surface area contributed by atoms with Crippen molar-refractivity contribution in [3.63, 3.8) is 0 Å². The molecule has 1 fully saturated rings. The second-order valence-electron chi connectivity index (χ2n) is 6.10. The minimum atomic E-state index is -4.56. The summed E-state index contributed by atoms with van der Waals surface area (Å²) in [5.41, 5.74) is -2.18. The van der Waals surface area contributed by atoms with Crippen molar-refractivity contribution in [3.05, 3.63) is 23.8 Å². The van der Waals surface area contributed by atoms with Gasteiger partial charge in [-0.15, -0.1) is 0 Å². The number of carbonyl (C=O) groups excluding carboxylic acids is 1. The van der Waals surface area contributed by atoms with Crippen molar-refractivity contribution in [1.29, 1.82) is 0 Å². The molecule has 0 aromatic heterocycles. The predicted molar refractivity (Wildman–Crippen MR) is 84.5 cm³/mol. The normalized spacial score (nSPS) is 21.6. The molecule has 6 nitrogen and oxygen atoms in total. The van der Waals surface area contributed by atoms with Gasteiger partial charge in [0.15, 0.2) is 0 Å². The minimum absolute atomic E-state index is 0.0179. The molecule has 1 aromatic carbocycles. The Morgan fingerprint density at radius 2 is 2.04 bits per heavy atom. The molecule has 0 spiro atoms. The summed E-state index contributed by atoms with van der Waals surface area (Å²) >= 11 is 0. The summed E-state index contributed by atoms with van der Waals surface area (Å²) < 4.78 is 43.6. The van der Waals surface area contributed by atoms with Crippen LogP contribution in [0, 0.1) is 0 Å². The van der Waals surface area contributed by atoms with Crippen LogP contribution in [0.25, 0.3) is 0 Å². The van der Waals surface area contributed by atoms with Gasteiger partial charge in [-0.3, -0.25) is 0 Å². The first-order valence-electron chi connectivity index (χ1n) is 7.82. The van der Waals surface area contributed by atoms with Crippen LogP contribution in [0.3, 0.4) is 0 Å². The molecule has 1 unspecified atom stereocenters. The van der Waals surface area contributed by atoms with Gasteiger partial charge in [0.05, 0.1) is 24.9 Å². The van der Waals surface area contributed by atoms with Gasteiger partial charge in [0.25, 0.3) is 0 Å². The zero-order chi connectivity index (χ0) is 18.7. The number of anilines is 1. The summed E-state index contributed by atoms with van der Waals surface area (Å²) in [6.45, 7) is 0.135. The van der Waals surface area contributed by atoms with E-state index in [4.69, 9.17) is 4.74 Å². The molecule has 1 saturated heterocycles. The molecule has 1 aliphatic heterocycles. The Labute approximate surface area is 143 Å². The Bertz CT molecular complexity index is 624. The van der Waals surface area contributed by atoms with Gasteiger partial charge in [-0.1, -0.05) is 0 Å². The van der Waals surface area contributed by atoms with Gasteiger partial charge in [-0.2, -0.15) is 13.2 Å². The maximum Gasteiger partial charge on any atom is 0.416 e. The highest BCUT2D eigenvalue weighted by Crippen LogP contribution is 2.34. The maximum atomic E-state index is 12.9. The van der Waals surface area contributed by atoms with E-state index in [1.54, 1.807) is 0 Å². The molecule has 0 aliphatic carbocycles. The number of amides is 2. The van der Waals surface area contributed by atoms with Crippen molar-refractivity contribution in [1.82, 2.24) is 4.90 Å². The average molecular weight is 362 g/mol. The Morgan fingerprint density at radius 1 is 1.32 bits per heavy atom. The maximum absolute atomic E-state index is 12.9. The Balaban J connectivity index is 2.12. The number of likely N-dealkylation sites (tertiary alicyclic amines) is 1. The van der Waals surface area contributed by atoms with Crippen molar-refractivity contribution in [3.8, 4) is 5.75 Å². The molecule has 1 aliphatic rings. The van der Waals surface area contributed by atoms with E-state index in [0.29, 0.717) is 19.4 Å². The third-order valence-corrected chi connectivity index (χ3v) is 4.22. The molecule has 1 atom stereocenters. The SMILES string of the molecule is COc1cc(NC(=O)N2CCCC(O)(CO)CC2)cc(C(F)(F)F)c1. The topological polar surface area (TPSA) is 82.0 Å². The molecule has 140 valence electrons. The van der Waals surface area contributed by atoms with Gasteiger partial charge in [0, 0.05) is 24.8 Å². The van der Waals surface area contributed by atoms with Crippen LogP contribution in [0.15, 0.2) is 18.2 Å². The van der Waals surface area contributed by atoms with Crippen LogP contribution in [-0.2, 0) is 6.18 Å². The first-order chi connectivity index (χ1) is 11.7. The summed E-state index contributed by atoms with van der Waals surface area (Å²) in [5.74, 6) is -0.0179. The first kappa shape index (κ1) is 19.3. The van der Waals surface area contributed by atoms with Gasteiger partial charge >= 0.3 is 12.2 Å². The van der Waals surface area contributed by atoms with Crippen molar-refractivity contribution in [2.75, 3.05) is 32.1 Å². The number of carbonyl (C=O) groups is 1. The van der Waals surface area contributed by atoms with Crippen LogP contribution in [0.2, 0.25) is 0 Å². The van der Waals surface area contributed by atoms with Gasteiger partial charge in [-0.25, -0.2) is 4.79 Å². The molecule has 2 amide bonds. The van der Waals surface area contributed by atoms with E-state index >= 15 is 0 Å². The van der Waals surface area contributed by atoms with Crippen LogP contribution in [0.1, 0.15) is 24.8 Å². The summed E-state index contributed by atoms with van der Waals surface area (Å²) in [6.07, 6.45) is -3.53. The monoisotopic (exact) mass is 362 g/mol. The third kappa shape index (κ3) is 4.99. The highest BCUT2D eigenvalue weighted by atomic mass is 19.4. The molecule has 0 bridgehead atoms. The zero-order valence-electron chi connectivity index (χ0n) is 13.8. The number of urea groups is 1. The number of rotatable bonds is 3. The van der Waals surface area contributed by atoms with E-state index in [1.165, 1.54) is 18.1 Å². The average Bonchev–Trinajstić information content (AvgIpc) is 2.76. The van der Waals surface area contributed by atoms with Crippen LogP contribution in [0.5, 0.6) is 5.75 Å². The standard InChI is InChI=1S/C16H21F3N2O4/c1-25-13-8-11(16(17,18)19)7-12(9-13)20-14(23)21-5-2-3-15(24,10-22)4-6-21/h7-9,22,24H,2-6,10H2,1H3,(H,20,23). The summed E-state index contributed by atoms with van der Waals surface area (Å²) in [6, 6.07) is 2.42. The van der Waals surface area contributed by atoms with Gasteiger partial charge < -0.3 is 25.2 Å². The van der Waals surface area contributed by atoms with E-state index in [9.17, 15) is 28.2 Å². The number of ether oxygens (including phenoxy) is 1. The van der Waals surface area contributed by atoms with E-state index < -0.39 is 30.0 Å². The van der Waals surface area contributed by atoms with Gasteiger partial charge in [0.1, 0.15) is 5.75 Å². The summed E-state index contributed by atoms with van der Waals surface area (Å²) in [5, 5.41) is 21.7. The number of alkyl halides is 3. The molecule has 0 saturated carbocycles. The molecular weight excluding hydrogens is 341 g/mol. The fraction of sp³-hybridized carbons (Fsp3) is 0.562. The number of halogens is 3. The van der Waals surface area contributed by atoms with Crippen molar-refractivity contribution >= 4 is 11.7 Å². The number of methoxy groups -OCH3 is 1. The van der Waals surface area contributed by atoms with E-state index in [1.807, 2.05) is 0 Å². The number of nitrogens with one attached hydrogen (secondary N) is 1. The van der Waals surface area contributed by atoms with Crippen LogP contribution < -0.4 is 10.1 Å². The lowest BCUT2D eigenvalue weighted by molar-refractivity contribution is -0.137. The van der Waals surface area contributed by atoms with Gasteiger partial charge in [0.2, 0.25) is 0 Å². The predicted octanol–water partition coefficient (Wildman–Crippen LogP) is 2.46. The zero-order valence-corrected chi connectivity index (χ0v) is 13.8. The fourth-order valence-corrected chi connectivity index (χ4v) is 2.70. The quantitative estimate of drug-likeness (QED) is 0.772. The first-order valence-corrected chi connectivity index (χ1v) is 7.82. The molecule has 1 heterocycles. The van der Waals surface area contributed by atoms with Crippen LogP contribution in [0.4, 0.5) is 23.7 Å². The number of hydrogen-bond donors (Lipinski definition) is 3. The lowest BCUT2D eigenvalue weighted by Gasteiger charge is -2.24. The highest BCUT2D eigenvalue weighted by molar-refractivity contribution is 5.89. The van der Waals surface area contributed by atoms with Gasteiger partial charge in [-0.05, 0) is 31.4 Å². The molecular formula is C16H21F3N2O4.